The van der Waals surface area contributed by atoms with E-state index in [1.165, 1.54) is 5.56 Å². The Hall–Kier alpha value is -1.07. The van der Waals surface area contributed by atoms with Gasteiger partial charge in [-0.15, -0.1) is 0 Å². The van der Waals surface area contributed by atoms with E-state index in [0.717, 1.165) is 62.3 Å². The molecular formula is C19H30BrN3O. The van der Waals surface area contributed by atoms with E-state index in [0.29, 0.717) is 5.92 Å². The number of hydrogen-bond acceptors (Lipinski definition) is 2. The number of rotatable bonds is 6. The van der Waals surface area contributed by atoms with Gasteiger partial charge in [0.25, 0.3) is 0 Å². The van der Waals surface area contributed by atoms with Crippen molar-refractivity contribution in [1.29, 1.82) is 0 Å². The van der Waals surface area contributed by atoms with Crippen molar-refractivity contribution in [1.82, 2.24) is 10.2 Å². The Kier molecular flexibility index (Phi) is 8.06. The first-order chi connectivity index (χ1) is 11.6. The summed E-state index contributed by atoms with van der Waals surface area (Å²) in [7, 11) is 0. The zero-order valence-electron chi connectivity index (χ0n) is 14.8. The maximum atomic E-state index is 9.69. The predicted octanol–water partition coefficient (Wildman–Crippen LogP) is 3.44. The summed E-state index contributed by atoms with van der Waals surface area (Å²) in [5.74, 6) is 1.54. The van der Waals surface area contributed by atoms with Gasteiger partial charge < -0.3 is 15.3 Å². The highest BCUT2D eigenvalue weighted by Crippen LogP contribution is 2.17. The van der Waals surface area contributed by atoms with Gasteiger partial charge in [-0.05, 0) is 49.8 Å². The molecule has 1 aliphatic heterocycles. The van der Waals surface area contributed by atoms with Gasteiger partial charge in [0.05, 0.1) is 6.10 Å². The van der Waals surface area contributed by atoms with E-state index in [2.05, 4.69) is 64.3 Å². The second-order valence-electron chi connectivity index (χ2n) is 6.52. The fraction of sp³-hybridized carbons (Fsp3) is 0.632. The molecule has 1 fully saturated rings. The number of hydrogen-bond donors (Lipinski definition) is 2. The molecule has 0 aromatic heterocycles. The molecule has 1 aromatic carbocycles. The van der Waals surface area contributed by atoms with Crippen molar-refractivity contribution in [2.45, 2.75) is 45.6 Å². The van der Waals surface area contributed by atoms with Crippen molar-refractivity contribution in [2.24, 2.45) is 10.9 Å². The van der Waals surface area contributed by atoms with Gasteiger partial charge in [0, 0.05) is 30.7 Å². The number of nitrogens with one attached hydrogen (secondary N) is 1. The zero-order valence-corrected chi connectivity index (χ0v) is 16.4. The number of benzene rings is 1. The van der Waals surface area contributed by atoms with E-state index < -0.39 is 0 Å². The summed E-state index contributed by atoms with van der Waals surface area (Å²) in [5.41, 5.74) is 1.36. The van der Waals surface area contributed by atoms with Gasteiger partial charge >= 0.3 is 0 Å². The Morgan fingerprint density at radius 2 is 2.12 bits per heavy atom. The molecule has 134 valence electrons. The molecule has 0 radical (unpaired) electrons. The lowest BCUT2D eigenvalue weighted by Gasteiger charge is -2.32. The van der Waals surface area contributed by atoms with Crippen LogP contribution in [0.4, 0.5) is 0 Å². The smallest absolute Gasteiger partial charge is 0.193 e. The zero-order chi connectivity index (χ0) is 17.4. The van der Waals surface area contributed by atoms with Crippen LogP contribution in [0.2, 0.25) is 0 Å². The summed E-state index contributed by atoms with van der Waals surface area (Å²) in [4.78, 5) is 7.17. The third-order valence-corrected chi connectivity index (χ3v) is 5.08. The molecule has 1 saturated heterocycles. The molecule has 24 heavy (non-hydrogen) atoms. The number of nitrogens with zero attached hydrogens (tertiary/aromatic N) is 2. The molecular weight excluding hydrogens is 366 g/mol. The van der Waals surface area contributed by atoms with E-state index in [1.54, 1.807) is 0 Å². The fourth-order valence-electron chi connectivity index (χ4n) is 3.05. The van der Waals surface area contributed by atoms with Crippen molar-refractivity contribution < 1.29 is 5.11 Å². The minimum atomic E-state index is -0.149. The third kappa shape index (κ3) is 6.10. The number of likely N-dealkylation sites (tertiary alicyclic amines) is 1. The number of aliphatic hydroxyl groups is 1. The van der Waals surface area contributed by atoms with Gasteiger partial charge in [-0.2, -0.15) is 0 Å². The predicted molar refractivity (Wildman–Crippen MR) is 104 cm³/mol. The van der Waals surface area contributed by atoms with Crippen LogP contribution in [0.5, 0.6) is 0 Å². The van der Waals surface area contributed by atoms with Crippen molar-refractivity contribution in [3.05, 3.63) is 34.3 Å². The van der Waals surface area contributed by atoms with E-state index in [4.69, 9.17) is 4.99 Å². The van der Waals surface area contributed by atoms with Crippen LogP contribution < -0.4 is 5.32 Å². The summed E-state index contributed by atoms with van der Waals surface area (Å²) < 4.78 is 1.14. The molecule has 1 atom stereocenters. The van der Waals surface area contributed by atoms with E-state index in [-0.39, 0.29) is 6.10 Å². The largest absolute Gasteiger partial charge is 0.393 e. The van der Waals surface area contributed by atoms with E-state index >= 15 is 0 Å². The molecule has 2 rings (SSSR count). The number of guanidine groups is 1. The molecule has 0 aliphatic carbocycles. The van der Waals surface area contributed by atoms with Crippen molar-refractivity contribution in [2.75, 3.05) is 26.2 Å². The number of piperidine rings is 1. The summed E-state index contributed by atoms with van der Waals surface area (Å²) in [6.07, 6.45) is 3.69. The van der Waals surface area contributed by atoms with Crippen molar-refractivity contribution in [3.8, 4) is 0 Å². The second-order valence-corrected chi connectivity index (χ2v) is 7.44. The molecule has 1 aromatic rings. The molecule has 0 amide bonds. The summed E-state index contributed by atoms with van der Waals surface area (Å²) in [5, 5.41) is 13.1. The Morgan fingerprint density at radius 1 is 1.38 bits per heavy atom. The van der Waals surface area contributed by atoms with Gasteiger partial charge in [0.2, 0.25) is 0 Å². The van der Waals surface area contributed by atoms with Crippen LogP contribution in [-0.2, 0) is 6.42 Å². The van der Waals surface area contributed by atoms with Crippen LogP contribution in [0, 0.1) is 5.92 Å². The van der Waals surface area contributed by atoms with Gasteiger partial charge in [-0.3, -0.25) is 4.99 Å². The van der Waals surface area contributed by atoms with Gasteiger partial charge in [0.15, 0.2) is 5.96 Å². The highest BCUT2D eigenvalue weighted by molar-refractivity contribution is 9.10. The fourth-order valence-corrected chi connectivity index (χ4v) is 3.50. The van der Waals surface area contributed by atoms with E-state index in [9.17, 15) is 5.11 Å². The average molecular weight is 396 g/mol. The normalized spacial score (nSPS) is 17.8. The summed E-state index contributed by atoms with van der Waals surface area (Å²) >= 11 is 3.55. The van der Waals surface area contributed by atoms with Crippen LogP contribution in [0.25, 0.3) is 0 Å². The molecule has 0 saturated carbocycles. The Bertz CT molecular complexity index is 527. The van der Waals surface area contributed by atoms with Crippen LogP contribution >= 0.6 is 15.9 Å². The molecule has 2 N–H and O–H groups in total. The highest BCUT2D eigenvalue weighted by Gasteiger charge is 2.20. The standard InChI is InChI=1S/C19H30BrN3O/c1-3-15(12-16-6-5-7-17(20)13-16)14-22-19(21-4-2)23-10-8-18(24)9-11-23/h5-7,13,15,18,24H,3-4,8-12,14H2,1-2H3,(H,21,22). The minimum Gasteiger partial charge on any atom is -0.393 e. The second kappa shape index (κ2) is 10.0. The lowest BCUT2D eigenvalue weighted by molar-refractivity contribution is 0.108. The summed E-state index contributed by atoms with van der Waals surface area (Å²) in [6, 6.07) is 8.55. The molecule has 1 unspecified atom stereocenters. The first-order valence-corrected chi connectivity index (χ1v) is 9.87. The lowest BCUT2D eigenvalue weighted by atomic mass is 9.97. The molecule has 4 nitrogen and oxygen atoms in total. The van der Waals surface area contributed by atoms with E-state index in [1.807, 2.05) is 0 Å². The van der Waals surface area contributed by atoms with Gasteiger partial charge in [-0.25, -0.2) is 0 Å². The topological polar surface area (TPSA) is 47.9 Å². The van der Waals surface area contributed by atoms with Crippen LogP contribution in [-0.4, -0.2) is 48.2 Å². The summed E-state index contributed by atoms with van der Waals surface area (Å²) in [6.45, 7) is 7.82. The van der Waals surface area contributed by atoms with Crippen molar-refractivity contribution >= 4 is 21.9 Å². The number of aliphatic hydroxyl groups excluding tert-OH is 1. The Morgan fingerprint density at radius 3 is 2.75 bits per heavy atom. The van der Waals surface area contributed by atoms with Crippen LogP contribution in [0.3, 0.4) is 0 Å². The monoisotopic (exact) mass is 395 g/mol. The minimum absolute atomic E-state index is 0.149. The number of halogens is 1. The first kappa shape index (κ1) is 19.3. The molecule has 5 heteroatoms. The molecule has 1 aliphatic rings. The quantitative estimate of drug-likeness (QED) is 0.572. The first-order valence-electron chi connectivity index (χ1n) is 9.08. The molecule has 0 spiro atoms. The Balaban J connectivity index is 1.97. The van der Waals surface area contributed by atoms with Crippen LogP contribution in [0.15, 0.2) is 33.7 Å². The van der Waals surface area contributed by atoms with Crippen LogP contribution in [0.1, 0.15) is 38.7 Å². The Labute approximate surface area is 154 Å². The lowest BCUT2D eigenvalue weighted by Crippen LogP contribution is -2.46. The highest BCUT2D eigenvalue weighted by atomic mass is 79.9. The van der Waals surface area contributed by atoms with Crippen molar-refractivity contribution in [3.63, 3.8) is 0 Å². The average Bonchev–Trinajstić information content (AvgIpc) is 2.58. The third-order valence-electron chi connectivity index (χ3n) is 4.59. The number of aliphatic imine (C=N–C) groups is 1. The van der Waals surface area contributed by atoms with Gasteiger partial charge in [0.1, 0.15) is 0 Å². The maximum Gasteiger partial charge on any atom is 0.193 e. The SMILES string of the molecule is CCNC(=NCC(CC)Cc1cccc(Br)c1)N1CCC(O)CC1. The maximum absolute atomic E-state index is 9.69. The molecule has 1 heterocycles. The van der Waals surface area contributed by atoms with Gasteiger partial charge in [-0.1, -0.05) is 41.4 Å². The molecule has 0 bridgehead atoms.